The van der Waals surface area contributed by atoms with Crippen LogP contribution in [0.1, 0.15) is 19.3 Å². The quantitative estimate of drug-likeness (QED) is 0.890. The molecule has 18 heavy (non-hydrogen) atoms. The van der Waals surface area contributed by atoms with Crippen LogP contribution >= 0.6 is 12.4 Å². The standard InChI is InChI=1S/C11H16N2O3S.ClH/c14-17(15,11-2-1-7-16-11)13-6-5-9-3-4-10(8-13)12-9;/h1-2,7,9-10,12H,3-6,8H2;1H. The van der Waals surface area contributed by atoms with Gasteiger partial charge in [0.05, 0.1) is 6.26 Å². The Balaban J connectivity index is 0.00000120. The van der Waals surface area contributed by atoms with Gasteiger partial charge in [-0.15, -0.1) is 12.4 Å². The average molecular weight is 293 g/mol. The summed E-state index contributed by atoms with van der Waals surface area (Å²) in [6.07, 6.45) is 4.51. The minimum Gasteiger partial charge on any atom is -0.452 e. The number of furan rings is 1. The first-order chi connectivity index (χ1) is 8.16. The predicted molar refractivity (Wildman–Crippen MR) is 69.3 cm³/mol. The average Bonchev–Trinajstić information content (AvgIpc) is 2.87. The molecule has 7 heteroatoms. The van der Waals surface area contributed by atoms with Gasteiger partial charge < -0.3 is 9.73 Å². The maximum Gasteiger partial charge on any atom is 0.276 e. The Kier molecular flexibility index (Phi) is 4.01. The van der Waals surface area contributed by atoms with Crippen LogP contribution in [0, 0.1) is 0 Å². The molecule has 0 radical (unpaired) electrons. The molecule has 2 unspecified atom stereocenters. The van der Waals surface area contributed by atoms with E-state index in [2.05, 4.69) is 5.32 Å². The first-order valence-electron chi connectivity index (χ1n) is 5.96. The molecule has 3 rings (SSSR count). The summed E-state index contributed by atoms with van der Waals surface area (Å²) < 4.78 is 31.1. The molecule has 1 aromatic heterocycles. The number of hydrogen-bond donors (Lipinski definition) is 1. The lowest BCUT2D eigenvalue weighted by molar-refractivity contribution is 0.361. The van der Waals surface area contributed by atoms with Crippen molar-refractivity contribution < 1.29 is 12.8 Å². The number of rotatable bonds is 2. The fraction of sp³-hybridized carbons (Fsp3) is 0.636. The summed E-state index contributed by atoms with van der Waals surface area (Å²) in [6.45, 7) is 1.14. The highest BCUT2D eigenvalue weighted by Crippen LogP contribution is 2.25. The Labute approximate surface area is 113 Å². The molecule has 1 N–H and O–H groups in total. The van der Waals surface area contributed by atoms with Gasteiger partial charge in [-0.25, -0.2) is 8.42 Å². The van der Waals surface area contributed by atoms with Crippen molar-refractivity contribution in [2.75, 3.05) is 13.1 Å². The zero-order valence-corrected chi connectivity index (χ0v) is 11.5. The van der Waals surface area contributed by atoms with Crippen LogP contribution in [0.4, 0.5) is 0 Å². The van der Waals surface area contributed by atoms with Gasteiger partial charge in [-0.2, -0.15) is 4.31 Å². The number of halogens is 1. The first-order valence-corrected chi connectivity index (χ1v) is 7.40. The Morgan fingerprint density at radius 2 is 2.06 bits per heavy atom. The molecule has 0 saturated carbocycles. The molecular formula is C11H17ClN2O3S. The van der Waals surface area contributed by atoms with Crippen molar-refractivity contribution in [3.8, 4) is 0 Å². The molecule has 2 aliphatic rings. The number of sulfonamides is 1. The van der Waals surface area contributed by atoms with Gasteiger partial charge in [0.15, 0.2) is 0 Å². The van der Waals surface area contributed by atoms with E-state index in [1.165, 1.54) is 18.8 Å². The van der Waals surface area contributed by atoms with Crippen LogP contribution in [0.15, 0.2) is 27.9 Å². The van der Waals surface area contributed by atoms with Crippen LogP contribution < -0.4 is 5.32 Å². The lowest BCUT2D eigenvalue weighted by atomic mass is 10.1. The Bertz CT molecular complexity index is 488. The predicted octanol–water partition coefficient (Wildman–Crippen LogP) is 1.22. The molecule has 2 aliphatic heterocycles. The molecular weight excluding hydrogens is 276 g/mol. The smallest absolute Gasteiger partial charge is 0.276 e. The summed E-state index contributed by atoms with van der Waals surface area (Å²) >= 11 is 0. The molecule has 2 bridgehead atoms. The van der Waals surface area contributed by atoms with Gasteiger partial charge in [0.25, 0.3) is 10.0 Å². The fourth-order valence-electron chi connectivity index (χ4n) is 2.67. The second kappa shape index (κ2) is 5.21. The number of nitrogens with zero attached hydrogens (tertiary/aromatic N) is 1. The van der Waals surface area contributed by atoms with E-state index < -0.39 is 10.0 Å². The Morgan fingerprint density at radius 1 is 1.28 bits per heavy atom. The van der Waals surface area contributed by atoms with Crippen LogP contribution in [-0.4, -0.2) is 37.9 Å². The Hall–Kier alpha value is -0.560. The van der Waals surface area contributed by atoms with Gasteiger partial charge in [-0.1, -0.05) is 0 Å². The van der Waals surface area contributed by atoms with Gasteiger partial charge in [0.1, 0.15) is 0 Å². The SMILES string of the molecule is Cl.O=S(=O)(c1ccco1)N1CCC2CCC(C1)N2. The maximum absolute atomic E-state index is 12.3. The zero-order valence-electron chi connectivity index (χ0n) is 9.91. The third-order valence-electron chi connectivity index (χ3n) is 3.58. The van der Waals surface area contributed by atoms with E-state index in [9.17, 15) is 8.42 Å². The molecule has 5 nitrogen and oxygen atoms in total. The van der Waals surface area contributed by atoms with E-state index in [0.717, 1.165) is 12.8 Å². The van der Waals surface area contributed by atoms with Gasteiger partial charge in [0, 0.05) is 25.2 Å². The lowest BCUT2D eigenvalue weighted by Gasteiger charge is -2.22. The van der Waals surface area contributed by atoms with Gasteiger partial charge in [-0.3, -0.25) is 0 Å². The first kappa shape index (κ1) is 13.9. The minimum absolute atomic E-state index is 0. The van der Waals surface area contributed by atoms with Crippen LogP contribution in [0.3, 0.4) is 0 Å². The summed E-state index contributed by atoms with van der Waals surface area (Å²) in [7, 11) is -3.44. The highest BCUT2D eigenvalue weighted by molar-refractivity contribution is 7.89. The summed E-state index contributed by atoms with van der Waals surface area (Å²) in [5.74, 6) is 0. The van der Waals surface area contributed by atoms with Gasteiger partial charge >= 0.3 is 0 Å². The van der Waals surface area contributed by atoms with Crippen molar-refractivity contribution in [2.45, 2.75) is 36.4 Å². The third-order valence-corrected chi connectivity index (χ3v) is 5.33. The number of hydrogen-bond acceptors (Lipinski definition) is 4. The van der Waals surface area contributed by atoms with Crippen molar-refractivity contribution in [2.24, 2.45) is 0 Å². The highest BCUT2D eigenvalue weighted by Gasteiger charge is 2.35. The van der Waals surface area contributed by atoms with E-state index in [0.29, 0.717) is 25.2 Å². The highest BCUT2D eigenvalue weighted by atomic mass is 35.5. The molecule has 2 saturated heterocycles. The van der Waals surface area contributed by atoms with Crippen LogP contribution in [-0.2, 0) is 10.0 Å². The molecule has 3 heterocycles. The van der Waals surface area contributed by atoms with Crippen molar-refractivity contribution in [3.63, 3.8) is 0 Å². The van der Waals surface area contributed by atoms with Crippen molar-refractivity contribution in [3.05, 3.63) is 18.4 Å². The monoisotopic (exact) mass is 292 g/mol. The molecule has 0 amide bonds. The lowest BCUT2D eigenvalue weighted by Crippen LogP contribution is -2.38. The molecule has 0 spiro atoms. The molecule has 2 atom stereocenters. The van der Waals surface area contributed by atoms with Gasteiger partial charge in [0.2, 0.25) is 5.09 Å². The second-order valence-corrected chi connectivity index (χ2v) is 6.59. The van der Waals surface area contributed by atoms with E-state index in [1.807, 2.05) is 0 Å². The van der Waals surface area contributed by atoms with Crippen molar-refractivity contribution in [1.82, 2.24) is 9.62 Å². The van der Waals surface area contributed by atoms with Gasteiger partial charge in [-0.05, 0) is 31.4 Å². The third kappa shape index (κ3) is 2.42. The van der Waals surface area contributed by atoms with Crippen molar-refractivity contribution >= 4 is 22.4 Å². The molecule has 102 valence electrons. The number of nitrogens with one attached hydrogen (secondary N) is 1. The summed E-state index contributed by atoms with van der Waals surface area (Å²) in [5, 5.41) is 3.51. The molecule has 0 aliphatic carbocycles. The molecule has 0 aromatic carbocycles. The van der Waals surface area contributed by atoms with E-state index in [-0.39, 0.29) is 17.5 Å². The minimum atomic E-state index is -3.44. The van der Waals surface area contributed by atoms with Crippen molar-refractivity contribution in [1.29, 1.82) is 0 Å². The maximum atomic E-state index is 12.3. The fourth-order valence-corrected chi connectivity index (χ4v) is 4.07. The normalized spacial score (nSPS) is 28.7. The van der Waals surface area contributed by atoms with Crippen LogP contribution in [0.25, 0.3) is 0 Å². The van der Waals surface area contributed by atoms with E-state index >= 15 is 0 Å². The Morgan fingerprint density at radius 3 is 2.78 bits per heavy atom. The van der Waals surface area contributed by atoms with Crippen LogP contribution in [0.5, 0.6) is 0 Å². The molecule has 2 fully saturated rings. The summed E-state index contributed by atoms with van der Waals surface area (Å²) in [4.78, 5) is 0. The number of fused-ring (bicyclic) bond motifs is 2. The van der Waals surface area contributed by atoms with E-state index in [4.69, 9.17) is 4.42 Å². The summed E-state index contributed by atoms with van der Waals surface area (Å²) in [5.41, 5.74) is 0. The molecule has 1 aromatic rings. The zero-order chi connectivity index (χ0) is 11.9. The second-order valence-electron chi connectivity index (χ2n) is 4.72. The van der Waals surface area contributed by atoms with E-state index in [1.54, 1.807) is 10.4 Å². The topological polar surface area (TPSA) is 62.6 Å². The van der Waals surface area contributed by atoms with Crippen LogP contribution in [0.2, 0.25) is 0 Å². The largest absolute Gasteiger partial charge is 0.452 e. The summed E-state index contributed by atoms with van der Waals surface area (Å²) in [6, 6.07) is 3.89.